The average molecular weight is 229 g/mol. The second-order valence-corrected chi connectivity index (χ2v) is 6.41. The number of ether oxygens (including phenoxy) is 1. The van der Waals surface area contributed by atoms with Crippen molar-refractivity contribution in [3.05, 3.63) is 0 Å². The summed E-state index contributed by atoms with van der Waals surface area (Å²) >= 11 is 5.34. The van der Waals surface area contributed by atoms with Gasteiger partial charge in [0.25, 0.3) is 0 Å². The molecule has 84 valence electrons. The predicted molar refractivity (Wildman–Crippen MR) is 57.8 cm³/mol. The molecule has 4 aliphatic rings. The number of hydrogen-bond acceptors (Lipinski definition) is 2. The van der Waals surface area contributed by atoms with Crippen LogP contribution in [-0.2, 0) is 4.74 Å². The van der Waals surface area contributed by atoms with E-state index in [4.69, 9.17) is 16.3 Å². The molecule has 2 nitrogen and oxygen atoms in total. The first-order valence-corrected chi connectivity index (χ1v) is 6.30. The lowest BCUT2D eigenvalue weighted by molar-refractivity contribution is -0.126. The highest BCUT2D eigenvalue weighted by Gasteiger charge is 2.54. The minimum absolute atomic E-state index is 0.125. The van der Waals surface area contributed by atoms with Crippen molar-refractivity contribution in [2.45, 2.75) is 45.1 Å². The molecule has 15 heavy (non-hydrogen) atoms. The smallest absolute Gasteiger partial charge is 0.404 e. The lowest BCUT2D eigenvalue weighted by Gasteiger charge is -2.58. The number of rotatable bonds is 1. The molecule has 4 bridgehead atoms. The van der Waals surface area contributed by atoms with E-state index in [9.17, 15) is 4.79 Å². The van der Waals surface area contributed by atoms with E-state index in [0.717, 1.165) is 5.92 Å². The average Bonchev–Trinajstić information content (AvgIpc) is 2.08. The third kappa shape index (κ3) is 1.57. The Labute approximate surface area is 95.3 Å². The standard InChI is InChI=1S/C12H17ClO2/c1-12-4-7-2-8(5-12)10(15-11(13)14)9(3-7)6-12/h7-10H,2-6H2,1H3. The molecule has 4 aliphatic carbocycles. The van der Waals surface area contributed by atoms with E-state index >= 15 is 0 Å². The van der Waals surface area contributed by atoms with Crippen molar-refractivity contribution in [1.29, 1.82) is 0 Å². The van der Waals surface area contributed by atoms with Gasteiger partial charge in [-0.3, -0.25) is 0 Å². The molecule has 0 aliphatic heterocycles. The van der Waals surface area contributed by atoms with Crippen LogP contribution in [0.3, 0.4) is 0 Å². The molecule has 0 N–H and O–H groups in total. The van der Waals surface area contributed by atoms with Crippen molar-refractivity contribution >= 4 is 17.0 Å². The summed E-state index contributed by atoms with van der Waals surface area (Å²) in [7, 11) is 0. The zero-order valence-electron chi connectivity index (χ0n) is 9.04. The van der Waals surface area contributed by atoms with Crippen molar-refractivity contribution in [3.8, 4) is 0 Å². The van der Waals surface area contributed by atoms with Gasteiger partial charge in [-0.2, -0.15) is 0 Å². The van der Waals surface area contributed by atoms with E-state index in [2.05, 4.69) is 6.92 Å². The Hall–Kier alpha value is -0.240. The van der Waals surface area contributed by atoms with Gasteiger partial charge in [-0.1, -0.05) is 6.92 Å². The van der Waals surface area contributed by atoms with Crippen molar-refractivity contribution in [1.82, 2.24) is 0 Å². The number of hydrogen-bond donors (Lipinski definition) is 0. The summed E-state index contributed by atoms with van der Waals surface area (Å²) in [5.41, 5.74) is -0.0799. The lowest BCUT2D eigenvalue weighted by Crippen LogP contribution is -2.53. The third-order valence-electron chi connectivity index (χ3n) is 4.72. The fourth-order valence-electron chi connectivity index (χ4n) is 4.68. The highest BCUT2D eigenvalue weighted by atomic mass is 35.5. The van der Waals surface area contributed by atoms with Gasteiger partial charge in [0.2, 0.25) is 0 Å². The maximum absolute atomic E-state index is 10.9. The van der Waals surface area contributed by atoms with Gasteiger partial charge in [-0.05, 0) is 55.3 Å². The van der Waals surface area contributed by atoms with Gasteiger partial charge in [-0.25, -0.2) is 4.79 Å². The van der Waals surface area contributed by atoms with Crippen LogP contribution in [0.15, 0.2) is 0 Å². The molecule has 0 aromatic carbocycles. The fourth-order valence-corrected chi connectivity index (χ4v) is 4.79. The van der Waals surface area contributed by atoms with Gasteiger partial charge in [0.15, 0.2) is 0 Å². The molecule has 2 atom stereocenters. The summed E-state index contributed by atoms with van der Waals surface area (Å²) in [5.74, 6) is 2.06. The van der Waals surface area contributed by atoms with E-state index in [1.54, 1.807) is 0 Å². The molecular formula is C12H17ClO2. The Balaban J connectivity index is 1.82. The van der Waals surface area contributed by atoms with E-state index in [-0.39, 0.29) is 6.10 Å². The summed E-state index contributed by atoms with van der Waals surface area (Å²) in [5, 5.41) is 0. The van der Waals surface area contributed by atoms with Crippen molar-refractivity contribution < 1.29 is 9.53 Å². The molecule has 4 fully saturated rings. The molecule has 3 heteroatoms. The van der Waals surface area contributed by atoms with Crippen LogP contribution in [0.25, 0.3) is 0 Å². The first-order chi connectivity index (χ1) is 7.06. The molecule has 0 spiro atoms. The number of halogens is 1. The number of carbonyl (C=O) groups is 1. The Morgan fingerprint density at radius 1 is 1.27 bits per heavy atom. The number of carbonyl (C=O) groups excluding carboxylic acids is 1. The van der Waals surface area contributed by atoms with Crippen LogP contribution in [0, 0.1) is 23.2 Å². The van der Waals surface area contributed by atoms with Gasteiger partial charge in [0.05, 0.1) is 0 Å². The molecule has 0 radical (unpaired) electrons. The van der Waals surface area contributed by atoms with Crippen LogP contribution in [0.5, 0.6) is 0 Å². The lowest BCUT2D eigenvalue weighted by atomic mass is 9.49. The third-order valence-corrected chi connectivity index (χ3v) is 4.81. The maximum Gasteiger partial charge on any atom is 0.404 e. The van der Waals surface area contributed by atoms with Crippen LogP contribution >= 0.6 is 11.6 Å². The molecule has 2 unspecified atom stereocenters. The normalized spacial score (nSPS) is 51.9. The summed E-state index contributed by atoms with van der Waals surface area (Å²) in [6, 6.07) is 0. The van der Waals surface area contributed by atoms with Gasteiger partial charge in [0.1, 0.15) is 6.10 Å². The van der Waals surface area contributed by atoms with E-state index < -0.39 is 5.43 Å². The molecule has 4 saturated carbocycles. The second-order valence-electron chi connectivity index (χ2n) is 6.10. The SMILES string of the molecule is CC12CC3CC(C1)C(OC(=O)Cl)C(C3)C2. The molecule has 4 rings (SSSR count). The summed E-state index contributed by atoms with van der Waals surface area (Å²) in [6.45, 7) is 2.40. The zero-order chi connectivity index (χ0) is 10.6. The van der Waals surface area contributed by atoms with Crippen molar-refractivity contribution in [2.24, 2.45) is 23.2 Å². The summed E-state index contributed by atoms with van der Waals surface area (Å²) in [6.07, 6.45) is 6.48. The summed E-state index contributed by atoms with van der Waals surface area (Å²) < 4.78 is 5.30. The minimum atomic E-state index is -0.613. The quantitative estimate of drug-likeness (QED) is 0.642. The molecule has 0 heterocycles. The summed E-state index contributed by atoms with van der Waals surface area (Å²) in [4.78, 5) is 10.9. The Morgan fingerprint density at radius 2 is 1.87 bits per heavy atom. The highest BCUT2D eigenvalue weighted by molar-refractivity contribution is 6.61. The maximum atomic E-state index is 10.9. The molecule has 0 aromatic heterocycles. The van der Waals surface area contributed by atoms with Crippen LogP contribution in [-0.4, -0.2) is 11.5 Å². The van der Waals surface area contributed by atoms with Crippen LogP contribution in [0.1, 0.15) is 39.0 Å². The highest BCUT2D eigenvalue weighted by Crippen LogP contribution is 2.60. The monoisotopic (exact) mass is 228 g/mol. The Morgan fingerprint density at radius 3 is 2.33 bits per heavy atom. The van der Waals surface area contributed by atoms with Crippen LogP contribution < -0.4 is 0 Å². The Kier molecular flexibility index (Phi) is 2.08. The fraction of sp³-hybridized carbons (Fsp3) is 0.917. The predicted octanol–water partition coefficient (Wildman–Crippen LogP) is 3.58. The van der Waals surface area contributed by atoms with E-state index in [1.165, 1.54) is 32.1 Å². The van der Waals surface area contributed by atoms with Gasteiger partial charge in [0, 0.05) is 11.6 Å². The molecular weight excluding hydrogens is 212 g/mol. The second kappa shape index (κ2) is 3.13. The molecule has 0 aromatic rings. The van der Waals surface area contributed by atoms with Gasteiger partial charge in [-0.15, -0.1) is 0 Å². The largest absolute Gasteiger partial charge is 0.450 e. The van der Waals surface area contributed by atoms with E-state index in [0.29, 0.717) is 17.3 Å². The topological polar surface area (TPSA) is 26.3 Å². The first-order valence-electron chi connectivity index (χ1n) is 5.92. The first kappa shape index (κ1) is 9.95. The van der Waals surface area contributed by atoms with Crippen LogP contribution in [0.2, 0.25) is 0 Å². The van der Waals surface area contributed by atoms with Crippen molar-refractivity contribution in [2.75, 3.05) is 0 Å². The zero-order valence-corrected chi connectivity index (χ0v) is 9.80. The van der Waals surface area contributed by atoms with E-state index in [1.807, 2.05) is 0 Å². The molecule has 0 saturated heterocycles. The van der Waals surface area contributed by atoms with Crippen molar-refractivity contribution in [3.63, 3.8) is 0 Å². The molecule has 0 amide bonds. The minimum Gasteiger partial charge on any atom is -0.450 e. The Bertz CT molecular complexity index is 286. The van der Waals surface area contributed by atoms with Gasteiger partial charge < -0.3 is 4.74 Å². The van der Waals surface area contributed by atoms with Gasteiger partial charge >= 0.3 is 5.43 Å². The van der Waals surface area contributed by atoms with Crippen LogP contribution in [0.4, 0.5) is 4.79 Å².